The topological polar surface area (TPSA) is 91.7 Å². The maximum absolute atomic E-state index is 12.6. The Morgan fingerprint density at radius 2 is 1.88 bits per heavy atom. The van der Waals surface area contributed by atoms with E-state index in [0.717, 1.165) is 15.7 Å². The Kier molecular flexibility index (Phi) is 7.16. The highest BCUT2D eigenvalue weighted by molar-refractivity contribution is 9.10. The molecule has 2 heterocycles. The number of ether oxygens (including phenoxy) is 3. The number of rotatable bonds is 7. The first-order valence-electron chi connectivity index (χ1n) is 11.0. The van der Waals surface area contributed by atoms with Crippen LogP contribution in [0.25, 0.3) is 16.9 Å². The van der Waals surface area contributed by atoms with E-state index in [0.29, 0.717) is 24.4 Å². The lowest BCUT2D eigenvalue weighted by Crippen LogP contribution is -2.34. The van der Waals surface area contributed by atoms with Crippen molar-refractivity contribution in [2.75, 3.05) is 19.8 Å². The number of nitrogens with one attached hydrogen (secondary N) is 1. The van der Waals surface area contributed by atoms with Crippen molar-refractivity contribution in [1.29, 1.82) is 0 Å². The SMILES string of the molecule is CCOC(=O)c1cc(-c2ccc(Br)cc2)n(-c2ccc(C(=O)NC[C@@H]3COC(C)(C)O3)cc2)n1. The van der Waals surface area contributed by atoms with Crippen molar-refractivity contribution < 1.29 is 23.8 Å². The molecule has 1 atom stereocenters. The van der Waals surface area contributed by atoms with Gasteiger partial charge in [-0.1, -0.05) is 28.1 Å². The van der Waals surface area contributed by atoms with Crippen molar-refractivity contribution in [1.82, 2.24) is 15.1 Å². The highest BCUT2D eigenvalue weighted by Crippen LogP contribution is 2.26. The van der Waals surface area contributed by atoms with Gasteiger partial charge in [0.2, 0.25) is 0 Å². The second kappa shape index (κ2) is 10.1. The van der Waals surface area contributed by atoms with Gasteiger partial charge in [-0.3, -0.25) is 4.79 Å². The fourth-order valence-electron chi connectivity index (χ4n) is 3.64. The minimum atomic E-state index is -0.629. The molecule has 0 unspecified atom stereocenters. The molecule has 1 N–H and O–H groups in total. The van der Waals surface area contributed by atoms with Crippen molar-refractivity contribution in [2.24, 2.45) is 0 Å². The second-order valence-electron chi connectivity index (χ2n) is 8.26. The van der Waals surface area contributed by atoms with Crippen LogP contribution in [-0.2, 0) is 14.2 Å². The molecule has 0 bridgehead atoms. The molecule has 0 saturated carbocycles. The molecular weight excluding hydrogens is 502 g/mol. The molecule has 4 rings (SSSR count). The van der Waals surface area contributed by atoms with E-state index in [4.69, 9.17) is 14.2 Å². The molecule has 1 fully saturated rings. The van der Waals surface area contributed by atoms with Crippen LogP contribution in [0.15, 0.2) is 59.1 Å². The summed E-state index contributed by atoms with van der Waals surface area (Å²) in [5, 5.41) is 7.36. The summed E-state index contributed by atoms with van der Waals surface area (Å²) in [6.07, 6.45) is -0.183. The fourth-order valence-corrected chi connectivity index (χ4v) is 3.90. The van der Waals surface area contributed by atoms with E-state index in [2.05, 4.69) is 26.3 Å². The molecule has 0 aliphatic carbocycles. The third-order valence-electron chi connectivity index (χ3n) is 5.27. The van der Waals surface area contributed by atoms with Crippen LogP contribution in [0, 0.1) is 0 Å². The lowest BCUT2D eigenvalue weighted by molar-refractivity contribution is -0.137. The summed E-state index contributed by atoms with van der Waals surface area (Å²) < 4.78 is 19.0. The number of hydrogen-bond donors (Lipinski definition) is 1. The van der Waals surface area contributed by atoms with Crippen molar-refractivity contribution in [3.8, 4) is 16.9 Å². The second-order valence-corrected chi connectivity index (χ2v) is 9.18. The normalized spacial score (nSPS) is 16.9. The lowest BCUT2D eigenvalue weighted by atomic mass is 10.1. The average Bonchev–Trinajstić information content (AvgIpc) is 3.42. The van der Waals surface area contributed by atoms with E-state index in [1.54, 1.807) is 41.9 Å². The Labute approximate surface area is 206 Å². The van der Waals surface area contributed by atoms with Crippen LogP contribution in [0.2, 0.25) is 0 Å². The molecule has 1 aromatic heterocycles. The van der Waals surface area contributed by atoms with Gasteiger partial charge in [-0.25, -0.2) is 9.48 Å². The smallest absolute Gasteiger partial charge is 0.358 e. The molecule has 34 heavy (non-hydrogen) atoms. The molecule has 178 valence electrons. The number of aromatic nitrogens is 2. The average molecular weight is 528 g/mol. The van der Waals surface area contributed by atoms with Crippen LogP contribution in [0.5, 0.6) is 0 Å². The Balaban J connectivity index is 1.54. The summed E-state index contributed by atoms with van der Waals surface area (Å²) in [5.41, 5.74) is 3.04. The van der Waals surface area contributed by atoms with Gasteiger partial charge in [0.25, 0.3) is 5.91 Å². The number of esters is 1. The van der Waals surface area contributed by atoms with Gasteiger partial charge >= 0.3 is 5.97 Å². The van der Waals surface area contributed by atoms with E-state index in [-0.39, 0.29) is 24.3 Å². The van der Waals surface area contributed by atoms with Gasteiger partial charge in [-0.05, 0) is 63.2 Å². The van der Waals surface area contributed by atoms with E-state index in [1.807, 2.05) is 38.1 Å². The number of carbonyl (C=O) groups is 2. The van der Waals surface area contributed by atoms with Crippen LogP contribution in [-0.4, -0.2) is 53.3 Å². The quantitative estimate of drug-likeness (QED) is 0.459. The van der Waals surface area contributed by atoms with Crippen LogP contribution < -0.4 is 5.32 Å². The summed E-state index contributed by atoms with van der Waals surface area (Å²) >= 11 is 3.44. The first-order valence-corrected chi connectivity index (χ1v) is 11.8. The van der Waals surface area contributed by atoms with Gasteiger partial charge in [0.1, 0.15) is 6.10 Å². The molecule has 3 aromatic rings. The van der Waals surface area contributed by atoms with E-state index in [9.17, 15) is 9.59 Å². The Morgan fingerprint density at radius 3 is 2.50 bits per heavy atom. The Hall–Kier alpha value is -3.01. The lowest BCUT2D eigenvalue weighted by Gasteiger charge is -2.17. The van der Waals surface area contributed by atoms with Gasteiger partial charge < -0.3 is 19.5 Å². The summed E-state index contributed by atoms with van der Waals surface area (Å²) in [7, 11) is 0. The third-order valence-corrected chi connectivity index (χ3v) is 5.79. The van der Waals surface area contributed by atoms with E-state index < -0.39 is 11.8 Å². The molecule has 0 spiro atoms. The maximum Gasteiger partial charge on any atom is 0.358 e. The monoisotopic (exact) mass is 527 g/mol. The van der Waals surface area contributed by atoms with Crippen molar-refractivity contribution in [3.63, 3.8) is 0 Å². The number of carbonyl (C=O) groups excluding carboxylic acids is 2. The molecule has 0 radical (unpaired) electrons. The standard InChI is InChI=1S/C25H26BrN3O5/c1-4-32-24(31)21-13-22(16-5-9-18(26)10-6-16)29(28-21)19-11-7-17(8-12-19)23(30)27-14-20-15-33-25(2,3)34-20/h5-13,20H,4,14-15H2,1-3H3,(H,27,30)/t20-/m1/s1. The zero-order valence-corrected chi connectivity index (χ0v) is 20.8. The maximum atomic E-state index is 12.6. The first-order chi connectivity index (χ1) is 16.3. The number of hydrogen-bond acceptors (Lipinski definition) is 6. The molecule has 9 heteroatoms. The van der Waals surface area contributed by atoms with Gasteiger partial charge in [-0.15, -0.1) is 0 Å². The van der Waals surface area contributed by atoms with Crippen LogP contribution >= 0.6 is 15.9 Å². The first kappa shape index (κ1) is 24.1. The van der Waals surface area contributed by atoms with Gasteiger partial charge in [-0.2, -0.15) is 5.10 Å². The van der Waals surface area contributed by atoms with Crippen molar-refractivity contribution >= 4 is 27.8 Å². The summed E-state index contributed by atoms with van der Waals surface area (Å²) in [4.78, 5) is 24.9. The highest BCUT2D eigenvalue weighted by atomic mass is 79.9. The van der Waals surface area contributed by atoms with E-state index >= 15 is 0 Å². The number of amides is 1. The number of benzene rings is 2. The summed E-state index contributed by atoms with van der Waals surface area (Å²) in [5.74, 6) is -1.33. The zero-order valence-electron chi connectivity index (χ0n) is 19.2. The molecule has 1 amide bonds. The highest BCUT2D eigenvalue weighted by Gasteiger charge is 2.32. The third kappa shape index (κ3) is 5.55. The predicted molar refractivity (Wildman–Crippen MR) is 130 cm³/mol. The minimum Gasteiger partial charge on any atom is -0.461 e. The van der Waals surface area contributed by atoms with E-state index in [1.165, 1.54) is 0 Å². The Morgan fingerprint density at radius 1 is 1.18 bits per heavy atom. The zero-order chi connectivity index (χ0) is 24.3. The van der Waals surface area contributed by atoms with Gasteiger partial charge in [0, 0.05) is 22.1 Å². The van der Waals surface area contributed by atoms with Crippen molar-refractivity contribution in [2.45, 2.75) is 32.7 Å². The largest absolute Gasteiger partial charge is 0.461 e. The summed E-state index contributed by atoms with van der Waals surface area (Å²) in [6.45, 7) is 6.50. The fraction of sp³-hybridized carbons (Fsp3) is 0.320. The van der Waals surface area contributed by atoms with Crippen LogP contribution in [0.3, 0.4) is 0 Å². The Bertz CT molecular complexity index is 1170. The van der Waals surface area contributed by atoms with Crippen molar-refractivity contribution in [3.05, 3.63) is 70.3 Å². The molecule has 8 nitrogen and oxygen atoms in total. The van der Waals surface area contributed by atoms with Gasteiger partial charge in [0.05, 0.1) is 24.6 Å². The van der Waals surface area contributed by atoms with Crippen LogP contribution in [0.1, 0.15) is 41.6 Å². The molecule has 2 aromatic carbocycles. The molecule has 1 aliphatic rings. The molecule has 1 aliphatic heterocycles. The van der Waals surface area contributed by atoms with Gasteiger partial charge in [0.15, 0.2) is 11.5 Å². The summed E-state index contributed by atoms with van der Waals surface area (Å²) in [6, 6.07) is 16.4. The number of nitrogens with zero attached hydrogens (tertiary/aromatic N) is 2. The number of halogens is 1. The predicted octanol–water partition coefficient (Wildman–Crippen LogP) is 4.36. The molecule has 1 saturated heterocycles. The molecular formula is C25H26BrN3O5. The minimum absolute atomic E-state index is 0.183. The van der Waals surface area contributed by atoms with Crippen LogP contribution in [0.4, 0.5) is 0 Å².